The molecule has 1 nitrogen and oxygen atoms in total. The fourth-order valence-corrected chi connectivity index (χ4v) is 0.342. The van der Waals surface area contributed by atoms with Crippen molar-refractivity contribution in [1.82, 2.24) is 0 Å². The third-order valence-electron chi connectivity index (χ3n) is 0.607. The van der Waals surface area contributed by atoms with Crippen molar-refractivity contribution < 1.29 is 19.5 Å². The van der Waals surface area contributed by atoms with Crippen LogP contribution in [0.15, 0.2) is 30.3 Å². The van der Waals surface area contributed by atoms with Crippen molar-refractivity contribution >= 4 is 0 Å². The summed E-state index contributed by atoms with van der Waals surface area (Å²) in [6, 6.07) is 12.5. The second kappa shape index (κ2) is 10.3. The van der Waals surface area contributed by atoms with Gasteiger partial charge in [0, 0.05) is 0 Å². The van der Waals surface area contributed by atoms with Gasteiger partial charge in [-0.15, -0.1) is 0 Å². The summed E-state index contributed by atoms with van der Waals surface area (Å²) < 4.78 is 0. The summed E-state index contributed by atoms with van der Waals surface area (Å²) in [7, 11) is 0. The van der Waals surface area contributed by atoms with E-state index in [-0.39, 0.29) is 19.5 Å². The van der Waals surface area contributed by atoms with E-state index in [0.717, 1.165) is 0 Å². The fourth-order valence-electron chi connectivity index (χ4n) is 0.342. The first-order chi connectivity index (χ1) is 4.00. The molecule has 0 atom stereocenters. The molecule has 0 N–H and O–H groups in total. The Morgan fingerprint density at radius 3 is 1.56 bits per heavy atom. The molecule has 0 unspecified atom stereocenters. The molecule has 0 radical (unpaired) electrons. The first kappa shape index (κ1) is 11.2. The zero-order chi connectivity index (χ0) is 6.24. The van der Waals surface area contributed by atoms with Gasteiger partial charge in [0.1, 0.15) is 0 Å². The van der Waals surface area contributed by atoms with Gasteiger partial charge in [-0.1, -0.05) is 0 Å². The van der Waals surface area contributed by atoms with E-state index in [4.69, 9.17) is 11.8 Å². The van der Waals surface area contributed by atoms with Crippen LogP contribution in [0.3, 0.4) is 0 Å². The Kier molecular flexibility index (Phi) is 12.8. The maximum Gasteiger partial charge on any atom is 2.00 e. The molecule has 2 heteroatoms. The van der Waals surface area contributed by atoms with Crippen LogP contribution in [0.2, 0.25) is 0 Å². The summed E-state index contributed by atoms with van der Waals surface area (Å²) in [5.74, 6) is 0. The van der Waals surface area contributed by atoms with Crippen LogP contribution in [0.1, 0.15) is 0 Å². The molecule has 0 saturated carbocycles. The minimum Gasteiger partial charge on any atom is -0.512 e. The molecule has 0 bridgehead atoms. The number of hydrogen-bond acceptors (Lipinski definition) is 1. The molecule has 0 aliphatic rings. The predicted octanol–water partition coefficient (Wildman–Crippen LogP) is 1.58. The molecule has 0 aliphatic heterocycles. The molecule has 1 rings (SSSR count). The van der Waals surface area contributed by atoms with Crippen molar-refractivity contribution in [2.24, 2.45) is 0 Å². The van der Waals surface area contributed by atoms with Crippen LogP contribution in [-0.4, -0.2) is 0 Å². The molecule has 0 heterocycles. The van der Waals surface area contributed by atoms with Gasteiger partial charge in [-0.3, -0.25) is 0 Å². The summed E-state index contributed by atoms with van der Waals surface area (Å²) >= 11 is 0. The van der Waals surface area contributed by atoms with Crippen LogP contribution in [-0.2, 0) is 19.5 Å². The van der Waals surface area contributed by atoms with E-state index in [9.17, 15) is 0 Å². The predicted molar refractivity (Wildman–Crippen MR) is 30.2 cm³/mol. The monoisotopic (exact) mass is 167 g/mol. The second-order valence-corrected chi connectivity index (χ2v) is 1.08. The van der Waals surface area contributed by atoms with Crippen molar-refractivity contribution in [2.75, 3.05) is 0 Å². The van der Waals surface area contributed by atoms with E-state index in [0.29, 0.717) is 0 Å². The fraction of sp³-hybridized carbons (Fsp3) is 0. The van der Waals surface area contributed by atoms with Crippen molar-refractivity contribution in [3.8, 4) is 0 Å². The largest absolute Gasteiger partial charge is 2.00 e. The zero-order valence-electron chi connectivity index (χ0n) is 5.04. The average molecular weight is 169 g/mol. The Labute approximate surface area is 68.1 Å². The summed E-state index contributed by atoms with van der Waals surface area (Å²) in [4.78, 5) is 0. The summed E-state index contributed by atoms with van der Waals surface area (Å²) in [6.07, 6.45) is 0. The Bertz CT molecular complexity index is 109. The van der Waals surface area contributed by atoms with Crippen molar-refractivity contribution in [3.05, 3.63) is 43.0 Å². The number of benzene rings is 1. The van der Waals surface area contributed by atoms with E-state index in [1.807, 2.05) is 30.3 Å². The maximum absolute atomic E-state index is 6.25. The van der Waals surface area contributed by atoms with Gasteiger partial charge in [0.2, 0.25) is 0 Å². The van der Waals surface area contributed by atoms with Crippen LogP contribution < -0.4 is 0 Å². The molecular weight excluding hydrogens is 163 g/mol. The van der Waals surface area contributed by atoms with Gasteiger partial charge >= 0.3 is 19.5 Å². The first-order valence-electron chi connectivity index (χ1n) is 2.13. The molecular formula is C7H5NZn. The third-order valence-corrected chi connectivity index (χ3v) is 0.607. The van der Waals surface area contributed by atoms with Gasteiger partial charge in [-0.2, -0.15) is 36.4 Å². The van der Waals surface area contributed by atoms with Gasteiger partial charge in [0.05, 0.1) is 0 Å². The zero-order valence-corrected chi connectivity index (χ0v) is 8.01. The molecule has 0 aliphatic carbocycles. The molecule has 0 amide bonds. The smallest absolute Gasteiger partial charge is 0.512 e. The van der Waals surface area contributed by atoms with E-state index >= 15 is 0 Å². The van der Waals surface area contributed by atoms with E-state index in [1.54, 1.807) is 0 Å². The van der Waals surface area contributed by atoms with E-state index in [1.165, 1.54) is 0 Å². The minimum atomic E-state index is 0. The molecule has 1 aromatic carbocycles. The van der Waals surface area contributed by atoms with Gasteiger partial charge in [0.15, 0.2) is 0 Å². The molecule has 0 aromatic heterocycles. The SMILES string of the molecule is [C-]#N.[Zn+2].[c-]1ccccc1. The van der Waals surface area contributed by atoms with Crippen LogP contribution >= 0.6 is 0 Å². The van der Waals surface area contributed by atoms with Gasteiger partial charge in [-0.25, -0.2) is 0 Å². The van der Waals surface area contributed by atoms with Crippen LogP contribution in [0.4, 0.5) is 0 Å². The van der Waals surface area contributed by atoms with Gasteiger partial charge in [-0.05, 0) is 0 Å². The number of rotatable bonds is 0. The van der Waals surface area contributed by atoms with Crippen LogP contribution in [0, 0.1) is 17.9 Å². The van der Waals surface area contributed by atoms with E-state index < -0.39 is 0 Å². The molecule has 0 fully saturated rings. The quantitative estimate of drug-likeness (QED) is 0.426. The van der Waals surface area contributed by atoms with Crippen molar-refractivity contribution in [2.45, 2.75) is 0 Å². The first-order valence-corrected chi connectivity index (χ1v) is 2.13. The van der Waals surface area contributed by atoms with Crippen LogP contribution in [0.25, 0.3) is 0 Å². The Balaban J connectivity index is 0. The topological polar surface area (TPSA) is 23.8 Å². The summed E-state index contributed by atoms with van der Waals surface area (Å²) in [5.41, 5.74) is 0. The molecule has 40 valence electrons. The third kappa shape index (κ3) is 7.33. The maximum atomic E-state index is 6.25. The second-order valence-electron chi connectivity index (χ2n) is 1.08. The van der Waals surface area contributed by atoms with Gasteiger partial charge in [0.25, 0.3) is 0 Å². The molecule has 0 spiro atoms. The Morgan fingerprint density at radius 1 is 1.00 bits per heavy atom. The minimum absolute atomic E-state index is 0. The Morgan fingerprint density at radius 2 is 1.44 bits per heavy atom. The molecule has 1 aromatic rings. The van der Waals surface area contributed by atoms with Crippen molar-refractivity contribution in [1.29, 1.82) is 5.26 Å². The van der Waals surface area contributed by atoms with E-state index in [2.05, 4.69) is 6.07 Å². The molecule has 9 heavy (non-hydrogen) atoms. The summed E-state index contributed by atoms with van der Waals surface area (Å²) in [6.45, 7) is 4.75. The normalized spacial score (nSPS) is 5.56. The Hall–Kier alpha value is -0.667. The van der Waals surface area contributed by atoms with Crippen molar-refractivity contribution in [3.63, 3.8) is 0 Å². The van der Waals surface area contributed by atoms with Crippen LogP contribution in [0.5, 0.6) is 0 Å². The average Bonchev–Trinajstić information content (AvgIpc) is 1.96. The molecule has 0 saturated heterocycles. The number of nitrogens with zero attached hydrogens (tertiary/aromatic N) is 1. The summed E-state index contributed by atoms with van der Waals surface area (Å²) in [5, 5.41) is 6.25. The number of hydrogen-bond donors (Lipinski definition) is 0. The standard InChI is InChI=1S/C6H5.CN.Zn/c1-2-4-6-5-3-1;1-2;/h1-5H;;/q2*-1;+2. The van der Waals surface area contributed by atoms with Gasteiger partial charge < -0.3 is 11.8 Å².